The van der Waals surface area contributed by atoms with Gasteiger partial charge < -0.3 is 15.4 Å². The van der Waals surface area contributed by atoms with Crippen LogP contribution in [-0.4, -0.2) is 35.4 Å². The highest BCUT2D eigenvalue weighted by Gasteiger charge is 2.01. The number of nitrogens with one attached hydrogen (secondary N) is 2. The zero-order valence-corrected chi connectivity index (χ0v) is 16.8. The van der Waals surface area contributed by atoms with Crippen molar-refractivity contribution in [1.29, 1.82) is 0 Å². The molecule has 1 aromatic heterocycles. The van der Waals surface area contributed by atoms with E-state index < -0.39 is 0 Å². The molecule has 0 aliphatic rings. The third-order valence-corrected chi connectivity index (χ3v) is 3.41. The molecule has 0 saturated heterocycles. The summed E-state index contributed by atoms with van der Waals surface area (Å²) >= 11 is 0. The maximum Gasteiger partial charge on any atom is 0.191 e. The van der Waals surface area contributed by atoms with Crippen LogP contribution < -0.4 is 15.4 Å². The molecule has 0 radical (unpaired) electrons. The average molecular weight is 443 g/mol. The number of ether oxygens (including phenoxy) is 1. The standard InChI is InChI=1S/C17H25N5O.HI/c1-4-18-17(20-13-15-9-10-21-22(15)3)19-11-12-23-16-8-6-5-7-14(16)2;/h5-10H,4,11-13H2,1-3H3,(H2,18,19,20);1H. The van der Waals surface area contributed by atoms with Gasteiger partial charge in [-0.2, -0.15) is 5.10 Å². The van der Waals surface area contributed by atoms with Gasteiger partial charge in [0.25, 0.3) is 0 Å². The Morgan fingerprint density at radius 1 is 1.25 bits per heavy atom. The topological polar surface area (TPSA) is 63.5 Å². The molecule has 0 atom stereocenters. The predicted octanol–water partition coefficient (Wildman–Crippen LogP) is 2.48. The van der Waals surface area contributed by atoms with Crippen molar-refractivity contribution in [3.05, 3.63) is 47.8 Å². The second-order valence-electron chi connectivity index (χ2n) is 5.18. The van der Waals surface area contributed by atoms with Crippen LogP contribution in [0.15, 0.2) is 41.5 Å². The fraction of sp³-hybridized carbons (Fsp3) is 0.412. The Balaban J connectivity index is 0.00000288. The minimum atomic E-state index is 0. The molecule has 0 spiro atoms. The SMILES string of the molecule is CCNC(=NCc1ccnn1C)NCCOc1ccccc1C.I. The van der Waals surface area contributed by atoms with E-state index in [1.54, 1.807) is 6.20 Å². The number of hydrogen-bond acceptors (Lipinski definition) is 3. The maximum absolute atomic E-state index is 5.78. The first-order valence-corrected chi connectivity index (χ1v) is 7.88. The van der Waals surface area contributed by atoms with E-state index in [0.717, 1.165) is 29.5 Å². The highest BCUT2D eigenvalue weighted by Crippen LogP contribution is 2.15. The molecule has 132 valence electrons. The Bertz CT molecular complexity index is 641. The Kier molecular flexibility index (Phi) is 9.21. The lowest BCUT2D eigenvalue weighted by Gasteiger charge is -2.13. The van der Waals surface area contributed by atoms with Crippen molar-refractivity contribution in [1.82, 2.24) is 20.4 Å². The molecule has 2 rings (SSSR count). The Morgan fingerprint density at radius 3 is 2.71 bits per heavy atom. The van der Waals surface area contributed by atoms with Crippen molar-refractivity contribution in [2.45, 2.75) is 20.4 Å². The van der Waals surface area contributed by atoms with Crippen molar-refractivity contribution in [3.63, 3.8) is 0 Å². The van der Waals surface area contributed by atoms with Gasteiger partial charge in [0, 0.05) is 19.8 Å². The van der Waals surface area contributed by atoms with Crippen LogP contribution in [0.3, 0.4) is 0 Å². The van der Waals surface area contributed by atoms with Crippen molar-refractivity contribution in [3.8, 4) is 5.75 Å². The van der Waals surface area contributed by atoms with Crippen LogP contribution in [0.4, 0.5) is 0 Å². The van der Waals surface area contributed by atoms with E-state index in [4.69, 9.17) is 4.74 Å². The molecule has 0 bridgehead atoms. The van der Waals surface area contributed by atoms with Crippen LogP contribution >= 0.6 is 24.0 Å². The predicted molar refractivity (Wildman–Crippen MR) is 108 cm³/mol. The molecule has 7 heteroatoms. The van der Waals surface area contributed by atoms with Gasteiger partial charge in [-0.25, -0.2) is 4.99 Å². The van der Waals surface area contributed by atoms with Gasteiger partial charge in [-0.3, -0.25) is 4.68 Å². The highest BCUT2D eigenvalue weighted by atomic mass is 127. The average Bonchev–Trinajstić information content (AvgIpc) is 2.96. The van der Waals surface area contributed by atoms with Gasteiger partial charge in [-0.1, -0.05) is 18.2 Å². The fourth-order valence-electron chi connectivity index (χ4n) is 2.11. The molecule has 1 heterocycles. The monoisotopic (exact) mass is 443 g/mol. The quantitative estimate of drug-likeness (QED) is 0.299. The summed E-state index contributed by atoms with van der Waals surface area (Å²) in [6.45, 7) is 6.76. The van der Waals surface area contributed by atoms with Crippen LogP contribution in [0, 0.1) is 6.92 Å². The second-order valence-corrected chi connectivity index (χ2v) is 5.18. The van der Waals surface area contributed by atoms with Crippen LogP contribution in [0.2, 0.25) is 0 Å². The highest BCUT2D eigenvalue weighted by molar-refractivity contribution is 14.0. The lowest BCUT2D eigenvalue weighted by molar-refractivity contribution is 0.320. The van der Waals surface area contributed by atoms with Gasteiger partial charge in [0.05, 0.1) is 18.8 Å². The third kappa shape index (κ3) is 6.38. The van der Waals surface area contributed by atoms with E-state index in [1.807, 2.05) is 55.9 Å². The zero-order valence-electron chi connectivity index (χ0n) is 14.5. The molecule has 1 aromatic carbocycles. The number of halogens is 1. The molecule has 0 fully saturated rings. The van der Waals surface area contributed by atoms with Gasteiger partial charge >= 0.3 is 0 Å². The van der Waals surface area contributed by atoms with Crippen LogP contribution in [-0.2, 0) is 13.6 Å². The van der Waals surface area contributed by atoms with Crippen LogP contribution in [0.5, 0.6) is 5.75 Å². The second kappa shape index (κ2) is 10.9. The fourth-order valence-corrected chi connectivity index (χ4v) is 2.11. The van der Waals surface area contributed by atoms with Gasteiger partial charge in [0.1, 0.15) is 12.4 Å². The number of aryl methyl sites for hydroxylation is 2. The normalized spacial score (nSPS) is 10.9. The molecule has 0 amide bonds. The van der Waals surface area contributed by atoms with E-state index in [9.17, 15) is 0 Å². The summed E-state index contributed by atoms with van der Waals surface area (Å²) in [7, 11) is 1.92. The van der Waals surface area contributed by atoms with Crippen molar-refractivity contribution in [2.24, 2.45) is 12.0 Å². The van der Waals surface area contributed by atoms with Gasteiger partial charge in [-0.05, 0) is 31.5 Å². The van der Waals surface area contributed by atoms with E-state index in [1.165, 1.54) is 0 Å². The number of para-hydroxylation sites is 1. The summed E-state index contributed by atoms with van der Waals surface area (Å²) in [6, 6.07) is 9.98. The third-order valence-electron chi connectivity index (χ3n) is 3.41. The molecule has 6 nitrogen and oxygen atoms in total. The first-order valence-electron chi connectivity index (χ1n) is 7.88. The zero-order chi connectivity index (χ0) is 16.5. The minimum absolute atomic E-state index is 0. The smallest absolute Gasteiger partial charge is 0.191 e. The molecular formula is C17H26IN5O. The number of rotatable bonds is 7. The number of aliphatic imine (C=N–C) groups is 1. The van der Waals surface area contributed by atoms with Crippen molar-refractivity contribution in [2.75, 3.05) is 19.7 Å². The summed E-state index contributed by atoms with van der Waals surface area (Å²) in [5, 5.41) is 10.6. The van der Waals surface area contributed by atoms with Crippen LogP contribution in [0.25, 0.3) is 0 Å². The molecule has 2 aromatic rings. The number of benzene rings is 1. The van der Waals surface area contributed by atoms with E-state index in [0.29, 0.717) is 19.7 Å². The molecule has 0 saturated carbocycles. The Morgan fingerprint density at radius 2 is 2.04 bits per heavy atom. The van der Waals surface area contributed by atoms with E-state index in [2.05, 4.69) is 20.7 Å². The van der Waals surface area contributed by atoms with E-state index >= 15 is 0 Å². The summed E-state index contributed by atoms with van der Waals surface area (Å²) in [5.74, 6) is 1.70. The lowest BCUT2D eigenvalue weighted by atomic mass is 10.2. The summed E-state index contributed by atoms with van der Waals surface area (Å²) in [6.07, 6.45) is 1.78. The number of hydrogen-bond donors (Lipinski definition) is 2. The lowest BCUT2D eigenvalue weighted by Crippen LogP contribution is -2.39. The van der Waals surface area contributed by atoms with Gasteiger partial charge in [0.2, 0.25) is 0 Å². The van der Waals surface area contributed by atoms with Crippen molar-refractivity contribution < 1.29 is 4.74 Å². The van der Waals surface area contributed by atoms with Gasteiger partial charge in [0.15, 0.2) is 5.96 Å². The van der Waals surface area contributed by atoms with E-state index in [-0.39, 0.29) is 24.0 Å². The molecular weight excluding hydrogens is 417 g/mol. The van der Waals surface area contributed by atoms with Crippen LogP contribution in [0.1, 0.15) is 18.2 Å². The number of aromatic nitrogens is 2. The summed E-state index contributed by atoms with van der Waals surface area (Å²) in [4.78, 5) is 4.56. The summed E-state index contributed by atoms with van der Waals surface area (Å²) in [5.41, 5.74) is 2.21. The Hall–Kier alpha value is -1.77. The molecule has 0 aliphatic heterocycles. The number of guanidine groups is 1. The summed E-state index contributed by atoms with van der Waals surface area (Å²) < 4.78 is 7.60. The molecule has 24 heavy (non-hydrogen) atoms. The molecule has 0 aliphatic carbocycles. The maximum atomic E-state index is 5.78. The largest absolute Gasteiger partial charge is 0.491 e. The first-order chi connectivity index (χ1) is 11.2. The first kappa shape index (κ1) is 20.3. The number of nitrogens with zero attached hydrogens (tertiary/aromatic N) is 3. The Labute approximate surface area is 160 Å². The minimum Gasteiger partial charge on any atom is -0.491 e. The molecule has 0 unspecified atom stereocenters. The van der Waals surface area contributed by atoms with Crippen molar-refractivity contribution >= 4 is 29.9 Å². The van der Waals surface area contributed by atoms with Gasteiger partial charge in [-0.15, -0.1) is 24.0 Å². The molecule has 2 N–H and O–H groups in total.